The molecule has 0 bridgehead atoms. The molecule has 2 aromatic rings. The maximum absolute atomic E-state index is 11.1. The van der Waals surface area contributed by atoms with Crippen molar-refractivity contribution in [2.45, 2.75) is 23.1 Å². The summed E-state index contributed by atoms with van der Waals surface area (Å²) in [4.78, 5) is 12.2. The first-order valence-electron chi connectivity index (χ1n) is 5.84. The van der Waals surface area contributed by atoms with Crippen molar-refractivity contribution in [1.82, 2.24) is 0 Å². The molecule has 0 saturated carbocycles. The van der Waals surface area contributed by atoms with Crippen molar-refractivity contribution in [2.24, 2.45) is 0 Å². The molecule has 2 aromatic carbocycles. The smallest absolute Gasteiger partial charge is 0.283 e. The van der Waals surface area contributed by atoms with Gasteiger partial charge in [-0.25, -0.2) is 0 Å². The predicted molar refractivity (Wildman–Crippen MR) is 74.7 cm³/mol. The van der Waals surface area contributed by atoms with Crippen LogP contribution in [0.3, 0.4) is 0 Å². The van der Waals surface area contributed by atoms with E-state index in [-0.39, 0.29) is 16.4 Å². The van der Waals surface area contributed by atoms with Crippen LogP contribution in [0.25, 0.3) is 0 Å². The van der Waals surface area contributed by atoms with E-state index in [9.17, 15) is 15.2 Å². The molecule has 0 atom stereocenters. The molecule has 98 valence electrons. The highest BCUT2D eigenvalue weighted by molar-refractivity contribution is 7.99. The Kier molecular flexibility index (Phi) is 4.06. The Hall–Kier alpha value is -2.01. The Morgan fingerprint density at radius 3 is 2.47 bits per heavy atom. The third-order valence-electron chi connectivity index (χ3n) is 2.69. The molecular formula is C14H13NO3S. The number of nitrogens with zero attached hydrogens (tertiary/aromatic N) is 1. The van der Waals surface area contributed by atoms with E-state index in [2.05, 4.69) is 0 Å². The van der Waals surface area contributed by atoms with Gasteiger partial charge in [0.2, 0.25) is 0 Å². The second-order valence-corrected chi connectivity index (χ2v) is 5.12. The first-order valence-corrected chi connectivity index (χ1v) is 6.66. The van der Waals surface area contributed by atoms with Gasteiger partial charge < -0.3 is 5.11 Å². The second kappa shape index (κ2) is 5.75. The molecule has 2 rings (SSSR count). The number of phenols is 1. The van der Waals surface area contributed by atoms with Crippen LogP contribution in [0.4, 0.5) is 5.69 Å². The van der Waals surface area contributed by atoms with Gasteiger partial charge in [-0.15, -0.1) is 0 Å². The minimum Gasteiger partial charge on any atom is -0.508 e. The van der Waals surface area contributed by atoms with Gasteiger partial charge in [0.05, 0.1) is 9.82 Å². The summed E-state index contributed by atoms with van der Waals surface area (Å²) in [6.07, 6.45) is 0.769. The van der Waals surface area contributed by atoms with Crippen LogP contribution < -0.4 is 0 Å². The fourth-order valence-electron chi connectivity index (χ4n) is 1.65. The van der Waals surface area contributed by atoms with Gasteiger partial charge in [0.15, 0.2) is 0 Å². The van der Waals surface area contributed by atoms with Gasteiger partial charge >= 0.3 is 0 Å². The van der Waals surface area contributed by atoms with Crippen molar-refractivity contribution >= 4 is 17.4 Å². The Labute approximate surface area is 115 Å². The lowest BCUT2D eigenvalue weighted by Gasteiger charge is -2.05. The van der Waals surface area contributed by atoms with E-state index in [1.807, 2.05) is 13.0 Å². The number of nitro groups is 1. The van der Waals surface area contributed by atoms with E-state index in [0.717, 1.165) is 16.9 Å². The van der Waals surface area contributed by atoms with Crippen LogP contribution in [0.15, 0.2) is 52.3 Å². The number of aryl methyl sites for hydroxylation is 1. The van der Waals surface area contributed by atoms with Gasteiger partial charge in [0.25, 0.3) is 5.69 Å². The van der Waals surface area contributed by atoms with E-state index in [1.165, 1.54) is 11.8 Å². The Bertz CT molecular complexity index is 596. The predicted octanol–water partition coefficient (Wildman–Crippen LogP) is 4.01. The number of hydrogen-bond donors (Lipinski definition) is 1. The average molecular weight is 275 g/mol. The largest absolute Gasteiger partial charge is 0.508 e. The van der Waals surface area contributed by atoms with Gasteiger partial charge in [-0.05, 0) is 42.3 Å². The number of rotatable bonds is 4. The number of nitro benzene ring substituents is 1. The summed E-state index contributed by atoms with van der Waals surface area (Å²) < 4.78 is 0. The van der Waals surface area contributed by atoms with Crippen LogP contribution in [0.2, 0.25) is 0 Å². The van der Waals surface area contributed by atoms with Crippen molar-refractivity contribution in [3.63, 3.8) is 0 Å². The van der Waals surface area contributed by atoms with Crippen molar-refractivity contribution in [2.75, 3.05) is 0 Å². The molecule has 19 heavy (non-hydrogen) atoms. The molecular weight excluding hydrogens is 262 g/mol. The van der Waals surface area contributed by atoms with E-state index in [4.69, 9.17) is 0 Å². The summed E-state index contributed by atoms with van der Waals surface area (Å²) in [5.41, 5.74) is 1.07. The van der Waals surface area contributed by atoms with Crippen molar-refractivity contribution in [3.8, 4) is 5.75 Å². The molecule has 0 unspecified atom stereocenters. The summed E-state index contributed by atoms with van der Waals surface area (Å²) in [5.74, 6) is 0.181. The molecule has 0 aliphatic carbocycles. The summed E-state index contributed by atoms with van der Waals surface area (Å²) in [7, 11) is 0. The zero-order chi connectivity index (χ0) is 13.8. The van der Waals surface area contributed by atoms with Gasteiger partial charge in [-0.2, -0.15) is 0 Å². The van der Waals surface area contributed by atoms with Gasteiger partial charge in [0.1, 0.15) is 5.75 Å². The zero-order valence-corrected chi connectivity index (χ0v) is 11.2. The maximum atomic E-state index is 11.1. The minimum absolute atomic E-state index is 0.123. The molecule has 0 aliphatic heterocycles. The number of hydrogen-bond acceptors (Lipinski definition) is 4. The van der Waals surface area contributed by atoms with Crippen LogP contribution in [-0.2, 0) is 6.42 Å². The van der Waals surface area contributed by atoms with Gasteiger partial charge in [0, 0.05) is 11.0 Å². The Morgan fingerprint density at radius 2 is 1.89 bits per heavy atom. The third-order valence-corrected chi connectivity index (χ3v) is 3.77. The molecule has 5 heteroatoms. The lowest BCUT2D eigenvalue weighted by molar-refractivity contribution is -0.387. The second-order valence-electron chi connectivity index (χ2n) is 4.01. The number of aromatic hydroxyl groups is 1. The Balaban J connectivity index is 2.33. The van der Waals surface area contributed by atoms with Crippen LogP contribution in [0.1, 0.15) is 12.5 Å². The molecule has 0 aliphatic rings. The van der Waals surface area contributed by atoms with Gasteiger partial charge in [-0.3, -0.25) is 10.1 Å². The molecule has 0 radical (unpaired) electrons. The topological polar surface area (TPSA) is 63.4 Å². The summed E-state index contributed by atoms with van der Waals surface area (Å²) in [6.45, 7) is 1.96. The van der Waals surface area contributed by atoms with Crippen LogP contribution >= 0.6 is 11.8 Å². The van der Waals surface area contributed by atoms with Crippen LogP contribution in [0.5, 0.6) is 5.75 Å². The Morgan fingerprint density at radius 1 is 1.21 bits per heavy atom. The summed E-state index contributed by atoms with van der Waals surface area (Å²) in [6, 6.07) is 11.9. The lowest BCUT2D eigenvalue weighted by atomic mass is 10.1. The fourth-order valence-corrected chi connectivity index (χ4v) is 2.55. The normalized spacial score (nSPS) is 10.4. The molecule has 0 fully saturated rings. The number of benzene rings is 2. The average Bonchev–Trinajstić information content (AvgIpc) is 2.41. The van der Waals surface area contributed by atoms with Gasteiger partial charge in [-0.1, -0.05) is 24.8 Å². The van der Waals surface area contributed by atoms with Crippen molar-refractivity contribution in [3.05, 3.63) is 58.1 Å². The molecule has 1 N–H and O–H groups in total. The molecule has 0 spiro atoms. The first kappa shape index (κ1) is 13.4. The molecule has 0 heterocycles. The van der Waals surface area contributed by atoms with E-state index >= 15 is 0 Å². The molecule has 0 aromatic heterocycles. The molecule has 0 saturated heterocycles. The van der Waals surface area contributed by atoms with E-state index in [0.29, 0.717) is 4.90 Å². The third kappa shape index (κ3) is 3.26. The summed E-state index contributed by atoms with van der Waals surface area (Å²) in [5, 5.41) is 20.3. The highest BCUT2D eigenvalue weighted by Gasteiger charge is 2.15. The molecule has 0 amide bonds. The minimum atomic E-state index is -0.359. The monoisotopic (exact) mass is 275 g/mol. The van der Waals surface area contributed by atoms with Crippen molar-refractivity contribution < 1.29 is 10.0 Å². The SMILES string of the molecule is CCc1ccc(Sc2ccc(O)cc2)c([N+](=O)[O-])c1. The molecule has 4 nitrogen and oxygen atoms in total. The highest BCUT2D eigenvalue weighted by atomic mass is 32.2. The van der Waals surface area contributed by atoms with Crippen LogP contribution in [0, 0.1) is 10.1 Å². The first-order chi connectivity index (χ1) is 9.10. The van der Waals surface area contributed by atoms with Crippen LogP contribution in [-0.4, -0.2) is 10.0 Å². The quantitative estimate of drug-likeness (QED) is 0.676. The highest BCUT2D eigenvalue weighted by Crippen LogP contribution is 2.35. The van der Waals surface area contributed by atoms with E-state index in [1.54, 1.807) is 36.4 Å². The lowest BCUT2D eigenvalue weighted by Crippen LogP contribution is -1.92. The zero-order valence-electron chi connectivity index (χ0n) is 10.4. The van der Waals surface area contributed by atoms with E-state index < -0.39 is 0 Å². The van der Waals surface area contributed by atoms with Crippen molar-refractivity contribution in [1.29, 1.82) is 0 Å². The number of phenolic OH excluding ortho intramolecular Hbond substituents is 1. The fraction of sp³-hybridized carbons (Fsp3) is 0.143. The standard InChI is InChI=1S/C14H13NO3S/c1-2-10-3-8-14(13(9-10)15(17)18)19-12-6-4-11(16)5-7-12/h3-9,16H,2H2,1H3. The summed E-state index contributed by atoms with van der Waals surface area (Å²) >= 11 is 1.32. The maximum Gasteiger partial charge on any atom is 0.283 e.